The van der Waals surface area contributed by atoms with Gasteiger partial charge in [-0.15, -0.1) is 0 Å². The van der Waals surface area contributed by atoms with Crippen LogP contribution >= 0.6 is 0 Å². The number of rotatable bonds is 3. The van der Waals surface area contributed by atoms with Crippen LogP contribution < -0.4 is 9.47 Å². The summed E-state index contributed by atoms with van der Waals surface area (Å²) in [7, 11) is 0. The normalized spacial score (nSPS) is 20.0. The second-order valence-electron chi connectivity index (χ2n) is 6.17. The van der Waals surface area contributed by atoms with Crippen molar-refractivity contribution in [2.75, 3.05) is 26.3 Å². The zero-order valence-corrected chi connectivity index (χ0v) is 13.4. The van der Waals surface area contributed by atoms with E-state index in [0.717, 1.165) is 36.4 Å². The first-order valence-corrected chi connectivity index (χ1v) is 8.30. The number of aromatic nitrogens is 3. The van der Waals surface area contributed by atoms with Crippen LogP contribution in [0, 0.1) is 0 Å². The van der Waals surface area contributed by atoms with Gasteiger partial charge in [0.1, 0.15) is 25.9 Å². The minimum Gasteiger partial charge on any atom is -0.486 e. The molecule has 2 aliphatic rings. The number of ether oxygens (including phenoxy) is 2. The predicted octanol–water partition coefficient (Wildman–Crippen LogP) is 1.46. The lowest BCUT2D eigenvalue weighted by Crippen LogP contribution is -2.41. The Kier molecular flexibility index (Phi) is 4.06. The molecule has 1 aromatic carbocycles. The topological polar surface area (TPSA) is 69.5 Å². The number of fused-ring (bicyclic) bond motifs is 1. The van der Waals surface area contributed by atoms with Gasteiger partial charge in [-0.2, -0.15) is 5.10 Å². The molecule has 1 fully saturated rings. The summed E-state index contributed by atoms with van der Waals surface area (Å²) in [5.74, 6) is 1.61. The molecular formula is C17H20N4O3. The molecular weight excluding hydrogens is 308 g/mol. The molecule has 0 unspecified atom stereocenters. The second kappa shape index (κ2) is 6.51. The summed E-state index contributed by atoms with van der Waals surface area (Å²) in [5, 5.41) is 4.20. The molecule has 1 amide bonds. The minimum absolute atomic E-state index is 0.136. The van der Waals surface area contributed by atoms with Gasteiger partial charge in [0.25, 0.3) is 0 Å². The highest BCUT2D eigenvalue weighted by Gasteiger charge is 2.25. The lowest BCUT2D eigenvalue weighted by molar-refractivity contribution is -0.132. The van der Waals surface area contributed by atoms with Crippen LogP contribution in [0.15, 0.2) is 30.9 Å². The summed E-state index contributed by atoms with van der Waals surface area (Å²) in [6.45, 7) is 2.61. The summed E-state index contributed by atoms with van der Waals surface area (Å²) in [4.78, 5) is 18.6. The Morgan fingerprint density at radius 1 is 1.25 bits per heavy atom. The lowest BCUT2D eigenvalue weighted by Gasteiger charge is -2.32. The highest BCUT2D eigenvalue weighted by atomic mass is 16.6. The van der Waals surface area contributed by atoms with E-state index in [2.05, 4.69) is 10.1 Å². The minimum atomic E-state index is 0.136. The Morgan fingerprint density at radius 3 is 2.96 bits per heavy atom. The molecule has 24 heavy (non-hydrogen) atoms. The molecule has 7 nitrogen and oxygen atoms in total. The Hall–Kier alpha value is -2.57. The molecule has 2 aliphatic heterocycles. The number of likely N-dealkylation sites (tertiary alicyclic amines) is 1. The van der Waals surface area contributed by atoms with E-state index >= 15 is 0 Å². The van der Waals surface area contributed by atoms with Gasteiger partial charge in [-0.25, -0.2) is 9.67 Å². The van der Waals surface area contributed by atoms with Crippen molar-refractivity contribution < 1.29 is 14.3 Å². The smallest absolute Gasteiger partial charge is 0.227 e. The van der Waals surface area contributed by atoms with Crippen molar-refractivity contribution in [1.29, 1.82) is 0 Å². The summed E-state index contributed by atoms with van der Waals surface area (Å²) in [6, 6.07) is 5.94. The fourth-order valence-electron chi connectivity index (χ4n) is 3.29. The van der Waals surface area contributed by atoms with E-state index < -0.39 is 0 Å². The maximum atomic E-state index is 12.7. The summed E-state index contributed by atoms with van der Waals surface area (Å²) < 4.78 is 13.0. The van der Waals surface area contributed by atoms with Crippen molar-refractivity contribution in [3.8, 4) is 11.5 Å². The van der Waals surface area contributed by atoms with Crippen LogP contribution in [0.4, 0.5) is 0 Å². The maximum absolute atomic E-state index is 12.7. The van der Waals surface area contributed by atoms with E-state index in [1.54, 1.807) is 6.33 Å². The Labute approximate surface area is 140 Å². The van der Waals surface area contributed by atoms with Crippen LogP contribution in [0.3, 0.4) is 0 Å². The first-order valence-electron chi connectivity index (χ1n) is 8.30. The van der Waals surface area contributed by atoms with Gasteiger partial charge in [0.15, 0.2) is 11.5 Å². The summed E-state index contributed by atoms with van der Waals surface area (Å²) >= 11 is 0. The van der Waals surface area contributed by atoms with Crippen LogP contribution in [0.1, 0.15) is 24.4 Å². The van der Waals surface area contributed by atoms with Crippen molar-refractivity contribution in [3.63, 3.8) is 0 Å². The van der Waals surface area contributed by atoms with Gasteiger partial charge >= 0.3 is 0 Å². The van der Waals surface area contributed by atoms with Gasteiger partial charge in [-0.05, 0) is 30.5 Å². The molecule has 0 spiro atoms. The third-order valence-corrected chi connectivity index (χ3v) is 4.52. The first kappa shape index (κ1) is 15.0. The zero-order chi connectivity index (χ0) is 16.4. The largest absolute Gasteiger partial charge is 0.486 e. The molecule has 1 aromatic heterocycles. The standard InChI is InChI=1S/C17H20N4O3/c22-17(9-13-3-4-15-16(8-13)24-7-6-23-15)20-5-1-2-14(10-20)21-12-18-11-19-21/h3-4,8,11-12,14H,1-2,5-7,9-10H2/t14-/m1/s1. The molecule has 7 heteroatoms. The summed E-state index contributed by atoms with van der Waals surface area (Å²) in [5.41, 5.74) is 0.951. The van der Waals surface area contributed by atoms with Crippen molar-refractivity contribution in [2.24, 2.45) is 0 Å². The van der Waals surface area contributed by atoms with Gasteiger partial charge < -0.3 is 14.4 Å². The average molecular weight is 328 g/mol. The van der Waals surface area contributed by atoms with Gasteiger partial charge in [-0.1, -0.05) is 6.07 Å². The Bertz CT molecular complexity index is 717. The van der Waals surface area contributed by atoms with Crippen LogP contribution in [-0.2, 0) is 11.2 Å². The van der Waals surface area contributed by atoms with Crippen molar-refractivity contribution in [2.45, 2.75) is 25.3 Å². The van der Waals surface area contributed by atoms with Crippen molar-refractivity contribution in [3.05, 3.63) is 36.4 Å². The first-order chi connectivity index (χ1) is 11.8. The fourth-order valence-corrected chi connectivity index (χ4v) is 3.29. The van der Waals surface area contributed by atoms with E-state index in [0.29, 0.717) is 26.2 Å². The lowest BCUT2D eigenvalue weighted by atomic mass is 10.0. The van der Waals surface area contributed by atoms with E-state index in [1.165, 1.54) is 6.33 Å². The number of piperidine rings is 1. The molecule has 2 aromatic rings. The van der Waals surface area contributed by atoms with Crippen LogP contribution in [0.2, 0.25) is 0 Å². The molecule has 4 rings (SSSR count). The van der Waals surface area contributed by atoms with Crippen LogP contribution in [-0.4, -0.2) is 51.9 Å². The molecule has 3 heterocycles. The van der Waals surface area contributed by atoms with Gasteiger partial charge in [0.2, 0.25) is 5.91 Å². The highest BCUT2D eigenvalue weighted by molar-refractivity contribution is 5.79. The number of carbonyl (C=O) groups excluding carboxylic acids is 1. The molecule has 0 bridgehead atoms. The molecule has 0 radical (unpaired) electrons. The number of benzene rings is 1. The predicted molar refractivity (Wildman–Crippen MR) is 86.0 cm³/mol. The van der Waals surface area contributed by atoms with Gasteiger partial charge in [0, 0.05) is 13.1 Å². The van der Waals surface area contributed by atoms with Crippen molar-refractivity contribution >= 4 is 5.91 Å². The monoisotopic (exact) mass is 328 g/mol. The number of nitrogens with zero attached hydrogens (tertiary/aromatic N) is 4. The molecule has 0 N–H and O–H groups in total. The molecule has 1 saturated heterocycles. The third kappa shape index (κ3) is 3.06. The Morgan fingerprint density at radius 2 is 2.12 bits per heavy atom. The molecule has 0 saturated carbocycles. The zero-order valence-electron chi connectivity index (χ0n) is 13.4. The highest BCUT2D eigenvalue weighted by Crippen LogP contribution is 2.31. The van der Waals surface area contributed by atoms with Crippen LogP contribution in [0.5, 0.6) is 11.5 Å². The number of hydrogen-bond acceptors (Lipinski definition) is 5. The Balaban J connectivity index is 1.42. The molecule has 126 valence electrons. The molecule has 0 aliphatic carbocycles. The van der Waals surface area contributed by atoms with E-state index in [-0.39, 0.29) is 11.9 Å². The number of hydrogen-bond donors (Lipinski definition) is 0. The quantitative estimate of drug-likeness (QED) is 0.853. The van der Waals surface area contributed by atoms with Gasteiger partial charge in [-0.3, -0.25) is 4.79 Å². The van der Waals surface area contributed by atoms with E-state index in [4.69, 9.17) is 9.47 Å². The second-order valence-corrected chi connectivity index (χ2v) is 6.17. The SMILES string of the molecule is O=C(Cc1ccc2c(c1)OCCO2)N1CCC[C@@H](n2cncn2)C1. The van der Waals surface area contributed by atoms with Crippen LogP contribution in [0.25, 0.3) is 0 Å². The number of carbonyl (C=O) groups is 1. The van der Waals surface area contributed by atoms with Gasteiger partial charge in [0.05, 0.1) is 12.5 Å². The molecule has 1 atom stereocenters. The number of amides is 1. The summed E-state index contributed by atoms with van der Waals surface area (Å²) in [6.07, 6.45) is 5.64. The fraction of sp³-hybridized carbons (Fsp3) is 0.471. The maximum Gasteiger partial charge on any atom is 0.227 e. The van der Waals surface area contributed by atoms with Crippen molar-refractivity contribution in [1.82, 2.24) is 19.7 Å². The third-order valence-electron chi connectivity index (χ3n) is 4.52. The van der Waals surface area contributed by atoms with E-state index in [9.17, 15) is 4.79 Å². The van der Waals surface area contributed by atoms with E-state index in [1.807, 2.05) is 27.8 Å². The average Bonchev–Trinajstić information content (AvgIpc) is 3.16.